The summed E-state index contributed by atoms with van der Waals surface area (Å²) in [6.45, 7) is 4.75. The molecule has 0 bridgehead atoms. The molecule has 2 aromatic carbocycles. The zero-order valence-corrected chi connectivity index (χ0v) is 14.3. The fourth-order valence-electron chi connectivity index (χ4n) is 2.31. The summed E-state index contributed by atoms with van der Waals surface area (Å²) in [6.07, 6.45) is 1.77. The Balaban J connectivity index is 1.74. The normalized spacial score (nSPS) is 10.7. The van der Waals surface area contributed by atoms with Gasteiger partial charge in [-0.1, -0.05) is 44.2 Å². The number of carbonyl (C=O) groups is 1. The first-order chi connectivity index (χ1) is 12.1. The van der Waals surface area contributed by atoms with E-state index < -0.39 is 0 Å². The van der Waals surface area contributed by atoms with Crippen LogP contribution >= 0.6 is 0 Å². The van der Waals surface area contributed by atoms with Crippen LogP contribution in [-0.2, 0) is 0 Å². The molecular formula is C20H21N3O2. The molecular weight excluding hydrogens is 314 g/mol. The maximum atomic E-state index is 12.5. The predicted octanol–water partition coefficient (Wildman–Crippen LogP) is 4.16. The number of nitrogens with zero attached hydrogens (tertiary/aromatic N) is 2. The van der Waals surface area contributed by atoms with Crippen molar-refractivity contribution in [3.63, 3.8) is 0 Å². The monoisotopic (exact) mass is 335 g/mol. The van der Waals surface area contributed by atoms with E-state index in [2.05, 4.69) is 24.3 Å². The van der Waals surface area contributed by atoms with Gasteiger partial charge in [0, 0.05) is 6.20 Å². The SMILES string of the molecule is CC(C)COc1ccccc1NC(=O)c1ccn(-c2ccccc2)n1. The molecule has 1 aromatic heterocycles. The van der Waals surface area contributed by atoms with E-state index in [0.717, 1.165) is 5.69 Å². The lowest BCUT2D eigenvalue weighted by Gasteiger charge is -2.13. The number of hydrogen-bond donors (Lipinski definition) is 1. The van der Waals surface area contributed by atoms with Gasteiger partial charge in [-0.2, -0.15) is 5.10 Å². The molecule has 1 amide bonds. The first kappa shape index (κ1) is 16.8. The molecule has 0 aliphatic carbocycles. The number of para-hydroxylation sites is 3. The molecule has 25 heavy (non-hydrogen) atoms. The summed E-state index contributed by atoms with van der Waals surface area (Å²) in [4.78, 5) is 12.5. The van der Waals surface area contributed by atoms with Crippen LogP contribution in [0.1, 0.15) is 24.3 Å². The molecule has 0 aliphatic rings. The smallest absolute Gasteiger partial charge is 0.276 e. The fraction of sp³-hybridized carbons (Fsp3) is 0.200. The molecule has 0 spiro atoms. The van der Waals surface area contributed by atoms with Crippen molar-refractivity contribution in [1.29, 1.82) is 0 Å². The van der Waals surface area contributed by atoms with E-state index >= 15 is 0 Å². The molecule has 0 radical (unpaired) electrons. The largest absolute Gasteiger partial charge is 0.491 e. The Morgan fingerprint density at radius 1 is 1.08 bits per heavy atom. The van der Waals surface area contributed by atoms with Gasteiger partial charge in [0.25, 0.3) is 5.91 Å². The van der Waals surface area contributed by atoms with Crippen LogP contribution in [-0.4, -0.2) is 22.3 Å². The number of hydrogen-bond acceptors (Lipinski definition) is 3. The van der Waals surface area contributed by atoms with Crippen molar-refractivity contribution >= 4 is 11.6 Å². The third-order valence-corrected chi connectivity index (χ3v) is 3.55. The molecule has 3 aromatic rings. The lowest BCUT2D eigenvalue weighted by Crippen LogP contribution is -2.15. The Labute approximate surface area is 147 Å². The van der Waals surface area contributed by atoms with Crippen LogP contribution in [0.15, 0.2) is 66.9 Å². The zero-order chi connectivity index (χ0) is 17.6. The Morgan fingerprint density at radius 3 is 2.56 bits per heavy atom. The first-order valence-corrected chi connectivity index (χ1v) is 8.28. The van der Waals surface area contributed by atoms with Crippen LogP contribution in [0.3, 0.4) is 0 Å². The van der Waals surface area contributed by atoms with Crippen molar-refractivity contribution in [1.82, 2.24) is 9.78 Å². The van der Waals surface area contributed by atoms with Crippen molar-refractivity contribution in [3.8, 4) is 11.4 Å². The number of amides is 1. The highest BCUT2D eigenvalue weighted by atomic mass is 16.5. The maximum absolute atomic E-state index is 12.5. The van der Waals surface area contributed by atoms with Crippen LogP contribution in [0.4, 0.5) is 5.69 Å². The topological polar surface area (TPSA) is 56.1 Å². The van der Waals surface area contributed by atoms with Gasteiger partial charge in [0.2, 0.25) is 0 Å². The lowest BCUT2D eigenvalue weighted by atomic mass is 10.2. The minimum atomic E-state index is -0.268. The summed E-state index contributed by atoms with van der Waals surface area (Å²) in [5, 5.41) is 7.22. The van der Waals surface area contributed by atoms with Crippen LogP contribution in [0.2, 0.25) is 0 Å². The zero-order valence-electron chi connectivity index (χ0n) is 14.3. The van der Waals surface area contributed by atoms with Crippen molar-refractivity contribution in [2.75, 3.05) is 11.9 Å². The van der Waals surface area contributed by atoms with Gasteiger partial charge in [-0.05, 0) is 36.2 Å². The van der Waals surface area contributed by atoms with Gasteiger partial charge in [-0.25, -0.2) is 4.68 Å². The minimum absolute atomic E-state index is 0.268. The number of benzene rings is 2. The first-order valence-electron chi connectivity index (χ1n) is 8.28. The molecule has 0 fully saturated rings. The van der Waals surface area contributed by atoms with Gasteiger partial charge in [0.1, 0.15) is 5.75 Å². The maximum Gasteiger partial charge on any atom is 0.276 e. The third-order valence-electron chi connectivity index (χ3n) is 3.55. The Morgan fingerprint density at radius 2 is 1.80 bits per heavy atom. The molecule has 1 N–H and O–H groups in total. The standard InChI is InChI=1S/C20H21N3O2/c1-15(2)14-25-19-11-7-6-10-17(19)21-20(24)18-12-13-23(22-18)16-8-4-3-5-9-16/h3-13,15H,14H2,1-2H3,(H,21,24). The van der Waals surface area contributed by atoms with E-state index in [4.69, 9.17) is 4.74 Å². The molecule has 5 heteroatoms. The Bertz CT molecular complexity index is 841. The van der Waals surface area contributed by atoms with E-state index in [1.165, 1.54) is 0 Å². The minimum Gasteiger partial charge on any atom is -0.491 e. The van der Waals surface area contributed by atoms with Crippen LogP contribution in [0, 0.1) is 5.92 Å². The molecule has 128 valence electrons. The summed E-state index contributed by atoms with van der Waals surface area (Å²) >= 11 is 0. The molecule has 0 atom stereocenters. The molecule has 0 saturated carbocycles. The summed E-state index contributed by atoms with van der Waals surface area (Å²) in [5.74, 6) is 0.799. The highest BCUT2D eigenvalue weighted by molar-refractivity contribution is 6.03. The third kappa shape index (κ3) is 4.26. The van der Waals surface area contributed by atoms with Gasteiger partial charge >= 0.3 is 0 Å². The van der Waals surface area contributed by atoms with Crippen molar-refractivity contribution in [2.24, 2.45) is 5.92 Å². The van der Waals surface area contributed by atoms with E-state index in [9.17, 15) is 4.79 Å². The van der Waals surface area contributed by atoms with Crippen LogP contribution in [0.5, 0.6) is 5.75 Å². The summed E-state index contributed by atoms with van der Waals surface area (Å²) in [5.41, 5.74) is 1.90. The van der Waals surface area contributed by atoms with E-state index in [1.54, 1.807) is 16.9 Å². The second kappa shape index (κ2) is 7.66. The summed E-state index contributed by atoms with van der Waals surface area (Å²) < 4.78 is 7.45. The average molecular weight is 335 g/mol. The predicted molar refractivity (Wildman–Crippen MR) is 98.3 cm³/mol. The van der Waals surface area contributed by atoms with Crippen LogP contribution < -0.4 is 10.1 Å². The molecule has 0 aliphatic heterocycles. The number of aromatic nitrogens is 2. The summed E-state index contributed by atoms with van der Waals surface area (Å²) in [7, 11) is 0. The Hall–Kier alpha value is -3.08. The number of carbonyl (C=O) groups excluding carboxylic acids is 1. The number of anilines is 1. The van der Waals surface area contributed by atoms with E-state index in [1.807, 2.05) is 54.6 Å². The Kier molecular flexibility index (Phi) is 5.14. The van der Waals surface area contributed by atoms with E-state index in [-0.39, 0.29) is 5.91 Å². The highest BCUT2D eigenvalue weighted by Gasteiger charge is 2.13. The van der Waals surface area contributed by atoms with Gasteiger partial charge in [0.05, 0.1) is 18.0 Å². The molecule has 3 rings (SSSR count). The molecule has 5 nitrogen and oxygen atoms in total. The van der Waals surface area contributed by atoms with Crippen molar-refractivity contribution in [3.05, 3.63) is 72.6 Å². The fourth-order valence-corrected chi connectivity index (χ4v) is 2.31. The molecule has 0 saturated heterocycles. The van der Waals surface area contributed by atoms with Gasteiger partial charge in [-0.15, -0.1) is 0 Å². The second-order valence-corrected chi connectivity index (χ2v) is 6.14. The number of rotatable bonds is 6. The van der Waals surface area contributed by atoms with Crippen molar-refractivity contribution < 1.29 is 9.53 Å². The molecule has 1 heterocycles. The average Bonchev–Trinajstić information content (AvgIpc) is 3.12. The second-order valence-electron chi connectivity index (χ2n) is 6.14. The van der Waals surface area contributed by atoms with Gasteiger partial charge in [0.15, 0.2) is 5.69 Å². The quantitative estimate of drug-likeness (QED) is 0.736. The highest BCUT2D eigenvalue weighted by Crippen LogP contribution is 2.24. The number of ether oxygens (including phenoxy) is 1. The van der Waals surface area contributed by atoms with Crippen LogP contribution in [0.25, 0.3) is 5.69 Å². The molecule has 0 unspecified atom stereocenters. The summed E-state index contributed by atoms with van der Waals surface area (Å²) in [6, 6.07) is 18.8. The van der Waals surface area contributed by atoms with Crippen molar-refractivity contribution in [2.45, 2.75) is 13.8 Å². The van der Waals surface area contributed by atoms with E-state index in [0.29, 0.717) is 29.7 Å². The number of nitrogens with one attached hydrogen (secondary N) is 1. The lowest BCUT2D eigenvalue weighted by molar-refractivity contribution is 0.102. The van der Waals surface area contributed by atoms with Gasteiger partial charge in [-0.3, -0.25) is 4.79 Å². The van der Waals surface area contributed by atoms with Gasteiger partial charge < -0.3 is 10.1 Å².